The van der Waals surface area contributed by atoms with E-state index in [1.165, 1.54) is 89.0 Å². The van der Waals surface area contributed by atoms with Crippen LogP contribution < -0.4 is 4.90 Å². The molecule has 2 atom stereocenters. The molecule has 0 fully saturated rings. The molecule has 1 aromatic heterocycles. The van der Waals surface area contributed by atoms with Gasteiger partial charge in [0.25, 0.3) is 0 Å². The molecule has 0 N–H and O–H groups in total. The van der Waals surface area contributed by atoms with Crippen molar-refractivity contribution in [3.05, 3.63) is 203 Å². The van der Waals surface area contributed by atoms with Crippen LogP contribution in [0.5, 0.6) is 0 Å². The second-order valence-electron chi connectivity index (χ2n) is 17.3. The summed E-state index contributed by atoms with van der Waals surface area (Å²) in [6.45, 7) is 9.68. The monoisotopic (exact) mass is 722 g/mol. The number of anilines is 1. The van der Waals surface area contributed by atoms with E-state index in [4.69, 9.17) is 0 Å². The maximum absolute atomic E-state index is 2.67. The molecule has 2 nitrogen and oxygen atoms in total. The zero-order valence-electron chi connectivity index (χ0n) is 32.6. The lowest BCUT2D eigenvalue weighted by Gasteiger charge is -2.40. The molecule has 0 aliphatic heterocycles. The Kier molecular flexibility index (Phi) is 7.23. The number of para-hydroxylation sites is 2. The lowest BCUT2D eigenvalue weighted by Crippen LogP contribution is -2.37. The molecule has 2 heteroatoms. The Morgan fingerprint density at radius 1 is 0.607 bits per heavy atom. The molecule has 0 amide bonds. The number of benzene rings is 6. The number of fused-ring (bicyclic) bond motifs is 9. The van der Waals surface area contributed by atoms with Crippen LogP contribution in [0.3, 0.4) is 0 Å². The van der Waals surface area contributed by atoms with Gasteiger partial charge in [-0.25, -0.2) is 0 Å². The van der Waals surface area contributed by atoms with Crippen LogP contribution in [0.4, 0.5) is 5.69 Å². The van der Waals surface area contributed by atoms with Gasteiger partial charge in [0.2, 0.25) is 0 Å². The average molecular weight is 723 g/mol. The third-order valence-electron chi connectivity index (χ3n) is 13.6. The fraction of sp³-hybridized carbons (Fsp3) is 0.185. The molecule has 11 rings (SSSR count). The van der Waals surface area contributed by atoms with Gasteiger partial charge in [0.15, 0.2) is 0 Å². The summed E-state index contributed by atoms with van der Waals surface area (Å²) in [6, 6.07) is 52.1. The van der Waals surface area contributed by atoms with E-state index >= 15 is 0 Å². The van der Waals surface area contributed by atoms with Gasteiger partial charge in [-0.3, -0.25) is 0 Å². The fourth-order valence-electron chi connectivity index (χ4n) is 10.7. The highest BCUT2D eigenvalue weighted by Crippen LogP contribution is 2.55. The predicted octanol–water partition coefficient (Wildman–Crippen LogP) is 13.6. The summed E-state index contributed by atoms with van der Waals surface area (Å²) in [5.74, 6) is 0.431. The second kappa shape index (κ2) is 12.2. The van der Waals surface area contributed by atoms with Gasteiger partial charge in [-0.15, -0.1) is 0 Å². The van der Waals surface area contributed by atoms with Crippen LogP contribution >= 0.6 is 0 Å². The summed E-state index contributed by atoms with van der Waals surface area (Å²) in [5.41, 5.74) is 18.9. The van der Waals surface area contributed by atoms with E-state index in [9.17, 15) is 0 Å². The first-order valence-electron chi connectivity index (χ1n) is 20.3. The van der Waals surface area contributed by atoms with Gasteiger partial charge >= 0.3 is 0 Å². The van der Waals surface area contributed by atoms with Gasteiger partial charge in [-0.1, -0.05) is 149 Å². The number of hydrogen-bond donors (Lipinski definition) is 0. The first-order valence-corrected chi connectivity index (χ1v) is 20.3. The van der Waals surface area contributed by atoms with E-state index in [1.54, 1.807) is 0 Å². The second-order valence-corrected chi connectivity index (χ2v) is 17.3. The first kappa shape index (κ1) is 33.2. The molecule has 6 aromatic carbocycles. The molecule has 2 unspecified atom stereocenters. The smallest absolute Gasteiger partial charge is 0.0557 e. The van der Waals surface area contributed by atoms with Crippen LogP contribution in [0, 0.1) is 5.92 Å². The molecule has 4 aliphatic rings. The zero-order chi connectivity index (χ0) is 37.8. The summed E-state index contributed by atoms with van der Waals surface area (Å²) in [6.07, 6.45) is 14.1. The van der Waals surface area contributed by atoms with Crippen molar-refractivity contribution in [1.82, 2.24) is 4.57 Å². The molecule has 0 radical (unpaired) electrons. The third kappa shape index (κ3) is 4.81. The molecule has 56 heavy (non-hydrogen) atoms. The first-order chi connectivity index (χ1) is 27.3. The predicted molar refractivity (Wildman–Crippen MR) is 236 cm³/mol. The van der Waals surface area contributed by atoms with Crippen molar-refractivity contribution in [2.45, 2.75) is 57.4 Å². The van der Waals surface area contributed by atoms with Crippen LogP contribution in [0.2, 0.25) is 0 Å². The molecular weight excluding hydrogens is 677 g/mol. The molecule has 0 saturated carbocycles. The van der Waals surface area contributed by atoms with E-state index in [1.807, 2.05) is 0 Å². The fourth-order valence-corrected chi connectivity index (χ4v) is 10.7. The number of rotatable bonds is 5. The van der Waals surface area contributed by atoms with E-state index < -0.39 is 0 Å². The zero-order valence-corrected chi connectivity index (χ0v) is 32.6. The summed E-state index contributed by atoms with van der Waals surface area (Å²) >= 11 is 0. The highest BCUT2D eigenvalue weighted by molar-refractivity contribution is 6.10. The van der Waals surface area contributed by atoms with E-state index in [-0.39, 0.29) is 16.9 Å². The normalized spacial score (nSPS) is 19.8. The maximum atomic E-state index is 2.67. The minimum atomic E-state index is -0.0610. The average Bonchev–Trinajstić information content (AvgIpc) is 3.78. The Bertz CT molecular complexity index is 2870. The van der Waals surface area contributed by atoms with Crippen molar-refractivity contribution in [2.75, 3.05) is 4.90 Å². The summed E-state index contributed by atoms with van der Waals surface area (Å²) < 4.78 is 2.39. The van der Waals surface area contributed by atoms with Gasteiger partial charge in [0.1, 0.15) is 0 Å². The van der Waals surface area contributed by atoms with Crippen molar-refractivity contribution in [2.24, 2.45) is 5.92 Å². The molecule has 1 heterocycles. The lowest BCUT2D eigenvalue weighted by atomic mass is 9.73. The summed E-state index contributed by atoms with van der Waals surface area (Å²) in [4.78, 5) is 2.67. The van der Waals surface area contributed by atoms with Gasteiger partial charge < -0.3 is 9.47 Å². The Morgan fingerprint density at radius 2 is 1.32 bits per heavy atom. The summed E-state index contributed by atoms with van der Waals surface area (Å²) in [7, 11) is 0. The number of nitrogens with zero attached hydrogens (tertiary/aromatic N) is 2. The number of aromatic nitrogens is 1. The Morgan fingerprint density at radius 3 is 2.14 bits per heavy atom. The van der Waals surface area contributed by atoms with Crippen LogP contribution in [0.15, 0.2) is 176 Å². The molecular formula is C54H46N2. The van der Waals surface area contributed by atoms with Crippen molar-refractivity contribution in [1.29, 1.82) is 0 Å². The Balaban J connectivity index is 0.986. The molecule has 272 valence electrons. The minimum absolute atomic E-state index is 0.0610. The van der Waals surface area contributed by atoms with Crippen molar-refractivity contribution in [3.8, 4) is 16.8 Å². The Labute approximate surface area is 330 Å². The largest absolute Gasteiger partial charge is 0.338 e. The molecule has 7 aromatic rings. The highest BCUT2D eigenvalue weighted by atomic mass is 15.2. The molecule has 4 aliphatic carbocycles. The standard InChI is InChI=1S/C54H46N2/c1-53(2)47-19-11-8-16-41(47)43-29-27-39(33-49(43)53)55(40-28-30-44-42-17-9-12-20-48(42)54(3,4)50(44)34-40)38-25-22-35(23-26-38)36-24-31-52-46(32-36)45-18-10-13-21-51(45)56(52)37-14-6-5-7-15-37/h5-25,27-33,38,50H,26,34H2,1-4H3. The van der Waals surface area contributed by atoms with Crippen molar-refractivity contribution >= 4 is 38.6 Å². The Hall–Kier alpha value is -6.12. The summed E-state index contributed by atoms with van der Waals surface area (Å²) in [5, 5.41) is 2.57. The van der Waals surface area contributed by atoms with Crippen molar-refractivity contribution < 1.29 is 0 Å². The van der Waals surface area contributed by atoms with Crippen molar-refractivity contribution in [3.63, 3.8) is 0 Å². The van der Waals surface area contributed by atoms with Crippen LogP contribution in [0.1, 0.15) is 68.4 Å². The number of hydrogen-bond acceptors (Lipinski definition) is 1. The highest BCUT2D eigenvalue weighted by Gasteiger charge is 2.45. The van der Waals surface area contributed by atoms with E-state index in [0.29, 0.717) is 5.92 Å². The van der Waals surface area contributed by atoms with E-state index in [2.05, 4.69) is 207 Å². The van der Waals surface area contributed by atoms with Crippen LogP contribution in [-0.2, 0) is 10.8 Å². The van der Waals surface area contributed by atoms with Gasteiger partial charge in [-0.05, 0) is 123 Å². The van der Waals surface area contributed by atoms with Crippen LogP contribution in [0.25, 0.3) is 49.8 Å². The molecule has 0 bridgehead atoms. The van der Waals surface area contributed by atoms with Crippen LogP contribution in [-0.4, -0.2) is 10.6 Å². The number of allylic oxidation sites excluding steroid dienone is 6. The van der Waals surface area contributed by atoms with Gasteiger partial charge in [-0.2, -0.15) is 0 Å². The minimum Gasteiger partial charge on any atom is -0.338 e. The molecule has 0 saturated heterocycles. The SMILES string of the molecule is CC1(C)c2ccccc2-c2ccc(N(C3=CC=C4c5ccccc5C(C)(C)C4C3)C3C=CC(c4ccc5c(c4)c4ccccc4n5-c4ccccc4)=CC3)cc21. The quantitative estimate of drug-likeness (QED) is 0.172. The van der Waals surface area contributed by atoms with Gasteiger partial charge in [0, 0.05) is 33.3 Å². The van der Waals surface area contributed by atoms with Gasteiger partial charge in [0.05, 0.1) is 17.1 Å². The maximum Gasteiger partial charge on any atom is 0.0557 e. The lowest BCUT2D eigenvalue weighted by molar-refractivity contribution is 0.403. The molecule has 0 spiro atoms. The topological polar surface area (TPSA) is 8.17 Å². The third-order valence-corrected chi connectivity index (χ3v) is 13.6. The van der Waals surface area contributed by atoms with E-state index in [0.717, 1.165) is 12.8 Å².